The van der Waals surface area contributed by atoms with Crippen LogP contribution < -0.4 is 10.1 Å². The van der Waals surface area contributed by atoms with Gasteiger partial charge in [-0.3, -0.25) is 10.3 Å². The summed E-state index contributed by atoms with van der Waals surface area (Å²) in [5, 5.41) is 3.37. The van der Waals surface area contributed by atoms with Crippen LogP contribution in [0.2, 0.25) is 0 Å². The van der Waals surface area contributed by atoms with Gasteiger partial charge >= 0.3 is 0 Å². The van der Waals surface area contributed by atoms with Gasteiger partial charge in [-0.25, -0.2) is 4.39 Å². The van der Waals surface area contributed by atoms with Crippen molar-refractivity contribution in [2.24, 2.45) is 0 Å². The summed E-state index contributed by atoms with van der Waals surface area (Å²) in [4.78, 5) is 4.26. The number of ether oxygens (including phenoxy) is 1. The summed E-state index contributed by atoms with van der Waals surface area (Å²) in [5.74, 6) is 6.63. The molecule has 0 saturated heterocycles. The lowest BCUT2D eigenvalue weighted by Gasteiger charge is -2.14. The Balaban J connectivity index is 1.52. The van der Waals surface area contributed by atoms with E-state index in [9.17, 15) is 4.39 Å². The summed E-state index contributed by atoms with van der Waals surface area (Å²) < 4.78 is 18.7. The van der Waals surface area contributed by atoms with Gasteiger partial charge in [-0.1, -0.05) is 30.0 Å². The number of hydrogen-bond acceptors (Lipinski definition) is 3. The van der Waals surface area contributed by atoms with Crippen molar-refractivity contribution < 1.29 is 9.13 Å². The average Bonchev–Trinajstić information content (AvgIpc) is 2.72. The monoisotopic (exact) mass is 360 g/mol. The van der Waals surface area contributed by atoms with Crippen molar-refractivity contribution in [1.82, 2.24) is 10.3 Å². The third kappa shape index (κ3) is 5.95. The van der Waals surface area contributed by atoms with Gasteiger partial charge in [0, 0.05) is 17.8 Å². The van der Waals surface area contributed by atoms with Crippen molar-refractivity contribution in [2.45, 2.75) is 19.6 Å². The van der Waals surface area contributed by atoms with Crippen LogP contribution in [0.1, 0.15) is 29.8 Å². The summed E-state index contributed by atoms with van der Waals surface area (Å²) in [6.45, 7) is 3.06. The fourth-order valence-corrected chi connectivity index (χ4v) is 2.52. The highest BCUT2D eigenvalue weighted by molar-refractivity contribution is 5.34. The topological polar surface area (TPSA) is 34.1 Å². The second-order valence-electron chi connectivity index (χ2n) is 6.09. The molecule has 0 amide bonds. The minimum atomic E-state index is -0.252. The van der Waals surface area contributed by atoms with E-state index in [4.69, 9.17) is 4.74 Å². The molecule has 3 rings (SSSR count). The molecule has 0 unspecified atom stereocenters. The van der Waals surface area contributed by atoms with E-state index in [1.54, 1.807) is 18.3 Å². The molecule has 0 aliphatic carbocycles. The molecule has 3 nitrogen and oxygen atoms in total. The Morgan fingerprint density at radius 2 is 1.93 bits per heavy atom. The average molecular weight is 360 g/mol. The third-order valence-corrected chi connectivity index (χ3v) is 4.04. The molecule has 0 spiro atoms. The first-order chi connectivity index (χ1) is 13.2. The number of nitrogens with one attached hydrogen (secondary N) is 1. The number of halogens is 1. The molecule has 3 aromatic rings. The second kappa shape index (κ2) is 9.51. The molecule has 2 aromatic carbocycles. The van der Waals surface area contributed by atoms with Gasteiger partial charge in [-0.05, 0) is 61.0 Å². The van der Waals surface area contributed by atoms with Crippen molar-refractivity contribution in [3.05, 3.63) is 95.6 Å². The molecule has 0 radical (unpaired) electrons. The Morgan fingerprint density at radius 3 is 2.70 bits per heavy atom. The van der Waals surface area contributed by atoms with Gasteiger partial charge in [0.05, 0.1) is 12.2 Å². The molecule has 4 heteroatoms. The van der Waals surface area contributed by atoms with Crippen LogP contribution in [-0.4, -0.2) is 11.5 Å². The molecule has 0 saturated carbocycles. The maximum Gasteiger partial charge on any atom is 0.130 e. The zero-order valence-electron chi connectivity index (χ0n) is 15.2. The van der Waals surface area contributed by atoms with Crippen LogP contribution in [0.5, 0.6) is 5.75 Å². The number of rotatable bonds is 6. The van der Waals surface area contributed by atoms with Gasteiger partial charge in [0.25, 0.3) is 0 Å². The molecule has 1 aromatic heterocycles. The van der Waals surface area contributed by atoms with Gasteiger partial charge in [0.15, 0.2) is 0 Å². The fraction of sp³-hybridized carbons (Fsp3) is 0.174. The fourth-order valence-electron chi connectivity index (χ4n) is 2.52. The van der Waals surface area contributed by atoms with Crippen molar-refractivity contribution in [3.8, 4) is 17.6 Å². The maximum atomic E-state index is 12.9. The van der Waals surface area contributed by atoms with E-state index in [0.29, 0.717) is 13.2 Å². The number of nitrogens with zero attached hydrogens (tertiary/aromatic N) is 1. The molecule has 0 aliphatic rings. The lowest BCUT2D eigenvalue weighted by Crippen LogP contribution is -2.18. The first-order valence-electron chi connectivity index (χ1n) is 8.81. The molecule has 27 heavy (non-hydrogen) atoms. The molecule has 1 N–H and O–H groups in total. The Morgan fingerprint density at radius 1 is 1.07 bits per heavy atom. The first-order valence-corrected chi connectivity index (χ1v) is 8.81. The summed E-state index contributed by atoms with van der Waals surface area (Å²) in [7, 11) is 0. The summed E-state index contributed by atoms with van der Waals surface area (Å²) in [5.41, 5.74) is 2.82. The third-order valence-electron chi connectivity index (χ3n) is 4.04. The normalized spacial score (nSPS) is 11.3. The number of hydrogen-bond donors (Lipinski definition) is 1. The van der Waals surface area contributed by atoms with Crippen molar-refractivity contribution in [1.29, 1.82) is 0 Å². The Kier molecular flexibility index (Phi) is 6.56. The largest absolute Gasteiger partial charge is 0.487 e. The molecule has 1 heterocycles. The van der Waals surface area contributed by atoms with E-state index >= 15 is 0 Å². The summed E-state index contributed by atoms with van der Waals surface area (Å²) in [6.07, 6.45) is 1.76. The molecule has 1 atom stereocenters. The minimum Gasteiger partial charge on any atom is -0.487 e. The molecule has 0 fully saturated rings. The number of aromatic nitrogens is 1. The number of pyridine rings is 1. The Hall–Kier alpha value is -3.16. The van der Waals surface area contributed by atoms with E-state index in [-0.39, 0.29) is 11.9 Å². The highest BCUT2D eigenvalue weighted by Crippen LogP contribution is 2.19. The Bertz CT molecular complexity index is 914. The van der Waals surface area contributed by atoms with Crippen molar-refractivity contribution in [3.63, 3.8) is 0 Å². The summed E-state index contributed by atoms with van der Waals surface area (Å²) >= 11 is 0. The van der Waals surface area contributed by atoms with Crippen LogP contribution in [0.25, 0.3) is 0 Å². The van der Waals surface area contributed by atoms with Crippen LogP contribution in [-0.2, 0) is 6.61 Å². The van der Waals surface area contributed by atoms with Gasteiger partial charge in [-0.15, -0.1) is 0 Å². The zero-order valence-corrected chi connectivity index (χ0v) is 15.2. The Labute approximate surface area is 159 Å². The van der Waals surface area contributed by atoms with Crippen molar-refractivity contribution in [2.75, 3.05) is 6.54 Å². The van der Waals surface area contributed by atoms with E-state index in [1.807, 2.05) is 36.4 Å². The van der Waals surface area contributed by atoms with Gasteiger partial charge in [0.1, 0.15) is 18.2 Å². The van der Waals surface area contributed by atoms with E-state index in [1.165, 1.54) is 12.1 Å². The molecular weight excluding hydrogens is 339 g/mol. The van der Waals surface area contributed by atoms with Crippen LogP contribution in [0.4, 0.5) is 4.39 Å². The van der Waals surface area contributed by atoms with Gasteiger partial charge in [-0.2, -0.15) is 0 Å². The molecular formula is C23H21FN2O. The van der Waals surface area contributed by atoms with Crippen LogP contribution >= 0.6 is 0 Å². The first kappa shape index (κ1) is 18.6. The van der Waals surface area contributed by atoms with E-state index in [2.05, 4.69) is 35.1 Å². The SMILES string of the molecule is C[C@@H](NCC#Cc1ccc(F)cc1)c1cccc(OCc2ccccn2)c1. The van der Waals surface area contributed by atoms with Gasteiger partial charge in [0.2, 0.25) is 0 Å². The lowest BCUT2D eigenvalue weighted by molar-refractivity contribution is 0.301. The number of benzene rings is 2. The highest BCUT2D eigenvalue weighted by Gasteiger charge is 2.05. The smallest absolute Gasteiger partial charge is 0.130 e. The van der Waals surface area contributed by atoms with E-state index < -0.39 is 0 Å². The predicted octanol–water partition coefficient (Wildman–Crippen LogP) is 4.50. The minimum absolute atomic E-state index is 0.130. The second-order valence-corrected chi connectivity index (χ2v) is 6.09. The van der Waals surface area contributed by atoms with Gasteiger partial charge < -0.3 is 4.74 Å². The molecule has 0 bridgehead atoms. The van der Waals surface area contributed by atoms with Crippen LogP contribution in [0.15, 0.2) is 72.9 Å². The van der Waals surface area contributed by atoms with Crippen molar-refractivity contribution >= 4 is 0 Å². The van der Waals surface area contributed by atoms with E-state index in [0.717, 1.165) is 22.6 Å². The van der Waals surface area contributed by atoms with Crippen LogP contribution in [0, 0.1) is 17.7 Å². The van der Waals surface area contributed by atoms with Crippen LogP contribution in [0.3, 0.4) is 0 Å². The summed E-state index contributed by atoms with van der Waals surface area (Å²) in [6, 6.07) is 20.1. The highest BCUT2D eigenvalue weighted by atomic mass is 19.1. The molecule has 136 valence electrons. The zero-order chi connectivity index (χ0) is 18.9. The predicted molar refractivity (Wildman–Crippen MR) is 105 cm³/mol. The standard InChI is InChI=1S/C23H21FN2O/c1-18(25-15-5-6-19-10-12-21(24)13-11-19)20-7-4-9-23(16-20)27-17-22-8-2-3-14-26-22/h2-4,7-14,16,18,25H,15,17H2,1H3/t18-/m1/s1. The quantitative estimate of drug-likeness (QED) is 0.657. The molecule has 0 aliphatic heterocycles. The maximum absolute atomic E-state index is 12.9. The lowest BCUT2D eigenvalue weighted by atomic mass is 10.1.